The van der Waals surface area contributed by atoms with E-state index < -0.39 is 0 Å². The van der Waals surface area contributed by atoms with Crippen LogP contribution in [0.1, 0.15) is 0 Å². The minimum Gasteiger partial charge on any atom is -0.456 e. The summed E-state index contributed by atoms with van der Waals surface area (Å²) in [6.45, 7) is 0. The van der Waals surface area contributed by atoms with Crippen LogP contribution in [-0.4, -0.2) is 0 Å². The van der Waals surface area contributed by atoms with E-state index >= 15 is 0 Å². The van der Waals surface area contributed by atoms with E-state index in [1.54, 1.807) is 11.3 Å². The number of rotatable bonds is 1. The Morgan fingerprint density at radius 1 is 0.667 bits per heavy atom. The van der Waals surface area contributed by atoms with Gasteiger partial charge >= 0.3 is 0 Å². The van der Waals surface area contributed by atoms with E-state index in [0.29, 0.717) is 0 Å². The number of hydrogen-bond acceptors (Lipinski definition) is 2. The topological polar surface area (TPSA) is 13.1 Å². The van der Waals surface area contributed by atoms with Gasteiger partial charge in [0.2, 0.25) is 0 Å². The highest BCUT2D eigenvalue weighted by atomic mass is 35.5. The van der Waals surface area contributed by atoms with Crippen LogP contribution >= 0.6 is 22.9 Å². The van der Waals surface area contributed by atoms with Crippen molar-refractivity contribution in [2.75, 3.05) is 0 Å². The van der Waals surface area contributed by atoms with Gasteiger partial charge in [-0.15, -0.1) is 11.3 Å². The standard InChI is InChI=1S/C24H13ClOS/c25-15-9-11-22-19(13-15)24-16(5-3-7-23(24)27-22)14-8-10-18-17-4-1-2-6-20(17)26-21(18)12-14/h1-13H. The van der Waals surface area contributed by atoms with Gasteiger partial charge in [0.15, 0.2) is 0 Å². The third kappa shape index (κ3) is 2.24. The maximum atomic E-state index is 6.29. The number of para-hydroxylation sites is 1. The maximum Gasteiger partial charge on any atom is 0.136 e. The zero-order chi connectivity index (χ0) is 18.0. The Morgan fingerprint density at radius 3 is 2.52 bits per heavy atom. The minimum absolute atomic E-state index is 0.768. The summed E-state index contributed by atoms with van der Waals surface area (Å²) in [6.07, 6.45) is 0. The first-order valence-electron chi connectivity index (χ1n) is 8.80. The van der Waals surface area contributed by atoms with Crippen molar-refractivity contribution < 1.29 is 4.42 Å². The van der Waals surface area contributed by atoms with Gasteiger partial charge < -0.3 is 4.42 Å². The van der Waals surface area contributed by atoms with Gasteiger partial charge in [-0.25, -0.2) is 0 Å². The summed E-state index contributed by atoms with van der Waals surface area (Å²) in [5, 5.41) is 5.55. The molecule has 0 spiro atoms. The molecule has 0 aliphatic heterocycles. The summed E-state index contributed by atoms with van der Waals surface area (Å²) < 4.78 is 8.63. The smallest absolute Gasteiger partial charge is 0.136 e. The Labute approximate surface area is 164 Å². The van der Waals surface area contributed by atoms with Crippen molar-refractivity contribution in [3.05, 3.63) is 83.9 Å². The molecule has 0 atom stereocenters. The van der Waals surface area contributed by atoms with E-state index in [-0.39, 0.29) is 0 Å². The predicted octanol–water partition coefficient (Wildman–Crippen LogP) is 8.27. The second-order valence-corrected chi connectivity index (χ2v) is 8.25. The summed E-state index contributed by atoms with van der Waals surface area (Å²) in [5.41, 5.74) is 4.22. The van der Waals surface area contributed by atoms with Crippen LogP contribution in [0.3, 0.4) is 0 Å². The fourth-order valence-electron chi connectivity index (χ4n) is 3.93. The normalized spacial score (nSPS) is 11.9. The fraction of sp³-hybridized carbons (Fsp3) is 0. The molecule has 0 aliphatic carbocycles. The van der Waals surface area contributed by atoms with Crippen molar-refractivity contribution in [2.45, 2.75) is 0 Å². The first kappa shape index (κ1) is 15.3. The van der Waals surface area contributed by atoms with Crippen molar-refractivity contribution in [3.63, 3.8) is 0 Å². The summed E-state index contributed by atoms with van der Waals surface area (Å²) >= 11 is 8.09. The van der Waals surface area contributed by atoms with Gasteiger partial charge in [-0.1, -0.05) is 48.0 Å². The van der Waals surface area contributed by atoms with Crippen molar-refractivity contribution >= 4 is 65.0 Å². The van der Waals surface area contributed by atoms with Gasteiger partial charge in [0.25, 0.3) is 0 Å². The van der Waals surface area contributed by atoms with Crippen molar-refractivity contribution in [2.24, 2.45) is 0 Å². The van der Waals surface area contributed by atoms with Crippen molar-refractivity contribution in [1.82, 2.24) is 0 Å². The quantitative estimate of drug-likeness (QED) is 0.278. The van der Waals surface area contributed by atoms with E-state index in [0.717, 1.165) is 32.5 Å². The number of halogens is 1. The molecule has 0 saturated carbocycles. The molecule has 2 heterocycles. The van der Waals surface area contributed by atoms with Crippen LogP contribution in [-0.2, 0) is 0 Å². The van der Waals surface area contributed by atoms with Crippen molar-refractivity contribution in [3.8, 4) is 11.1 Å². The van der Waals surface area contributed by atoms with Crippen LogP contribution in [0.25, 0.3) is 53.2 Å². The molecule has 0 amide bonds. The van der Waals surface area contributed by atoms with Crippen LogP contribution in [0.5, 0.6) is 0 Å². The monoisotopic (exact) mass is 384 g/mol. The van der Waals surface area contributed by atoms with Gasteiger partial charge in [-0.05, 0) is 53.6 Å². The van der Waals surface area contributed by atoms with Crippen LogP contribution in [0.2, 0.25) is 5.02 Å². The number of thiophene rings is 1. The molecule has 6 rings (SSSR count). The molecular weight excluding hydrogens is 372 g/mol. The third-order valence-corrected chi connectivity index (χ3v) is 6.52. The highest BCUT2D eigenvalue weighted by Gasteiger charge is 2.13. The summed E-state index contributed by atoms with van der Waals surface area (Å²) in [4.78, 5) is 0. The molecular formula is C24H13ClOS. The first-order valence-corrected chi connectivity index (χ1v) is 10.00. The summed E-state index contributed by atoms with van der Waals surface area (Å²) in [7, 11) is 0. The Hall–Kier alpha value is -2.81. The number of fused-ring (bicyclic) bond motifs is 6. The molecule has 0 radical (unpaired) electrons. The fourth-order valence-corrected chi connectivity index (χ4v) is 5.22. The molecule has 4 aromatic carbocycles. The highest BCUT2D eigenvalue weighted by molar-refractivity contribution is 7.26. The lowest BCUT2D eigenvalue weighted by atomic mass is 9.98. The van der Waals surface area contributed by atoms with Gasteiger partial charge in [-0.3, -0.25) is 0 Å². The molecule has 2 aromatic heterocycles. The molecule has 6 aromatic rings. The zero-order valence-electron chi connectivity index (χ0n) is 14.2. The first-order chi connectivity index (χ1) is 13.3. The largest absolute Gasteiger partial charge is 0.456 e. The van der Waals surface area contributed by atoms with Crippen LogP contribution in [0, 0.1) is 0 Å². The number of hydrogen-bond donors (Lipinski definition) is 0. The average Bonchev–Trinajstić information content (AvgIpc) is 3.25. The molecule has 1 nitrogen and oxygen atoms in total. The Kier molecular flexibility index (Phi) is 3.16. The van der Waals surface area contributed by atoms with E-state index in [9.17, 15) is 0 Å². The van der Waals surface area contributed by atoms with E-state index in [1.807, 2.05) is 24.3 Å². The third-order valence-electron chi connectivity index (χ3n) is 5.15. The number of benzene rings is 4. The maximum absolute atomic E-state index is 6.29. The van der Waals surface area contributed by atoms with Crippen LogP contribution in [0.15, 0.2) is 83.3 Å². The molecule has 128 valence electrons. The van der Waals surface area contributed by atoms with E-state index in [4.69, 9.17) is 16.0 Å². The summed E-state index contributed by atoms with van der Waals surface area (Å²) in [5.74, 6) is 0. The van der Waals surface area contributed by atoms with Gasteiger partial charge in [-0.2, -0.15) is 0 Å². The predicted molar refractivity (Wildman–Crippen MR) is 117 cm³/mol. The number of furan rings is 1. The highest BCUT2D eigenvalue weighted by Crippen LogP contribution is 2.42. The van der Waals surface area contributed by atoms with Gasteiger partial charge in [0.05, 0.1) is 0 Å². The van der Waals surface area contributed by atoms with Crippen molar-refractivity contribution in [1.29, 1.82) is 0 Å². The Bertz CT molecular complexity index is 1490. The molecule has 27 heavy (non-hydrogen) atoms. The second-order valence-electron chi connectivity index (χ2n) is 6.73. The SMILES string of the molecule is Clc1ccc2sc3cccc(-c4ccc5c(c4)oc4ccccc45)c3c2c1. The zero-order valence-corrected chi connectivity index (χ0v) is 15.8. The van der Waals surface area contributed by atoms with Gasteiger partial charge in [0.1, 0.15) is 11.2 Å². The van der Waals surface area contributed by atoms with Gasteiger partial charge in [0, 0.05) is 36.0 Å². The van der Waals surface area contributed by atoms with Crippen LogP contribution in [0.4, 0.5) is 0 Å². The van der Waals surface area contributed by atoms with E-state index in [1.165, 1.54) is 25.7 Å². The molecule has 3 heteroatoms. The molecule has 0 N–H and O–H groups in total. The lowest BCUT2D eigenvalue weighted by molar-refractivity contribution is 0.669. The molecule has 0 fully saturated rings. The molecule has 0 unspecified atom stereocenters. The van der Waals surface area contributed by atoms with E-state index in [2.05, 4.69) is 54.6 Å². The van der Waals surface area contributed by atoms with Crippen LogP contribution < -0.4 is 0 Å². The Morgan fingerprint density at radius 2 is 1.56 bits per heavy atom. The molecule has 0 bridgehead atoms. The average molecular weight is 385 g/mol. The second kappa shape index (κ2) is 5.59. The summed E-state index contributed by atoms with van der Waals surface area (Å²) in [6, 6.07) is 27.3. The lowest BCUT2D eigenvalue weighted by Gasteiger charge is -2.05. The molecule has 0 aliphatic rings. The molecule has 0 saturated heterocycles. The Balaban J connectivity index is 1.68. The lowest BCUT2D eigenvalue weighted by Crippen LogP contribution is -1.79. The minimum atomic E-state index is 0.768.